The molecule has 5 nitrogen and oxygen atoms in total. The number of carbonyl (C=O) groups is 1. The lowest BCUT2D eigenvalue weighted by Crippen LogP contribution is -2.22. The highest BCUT2D eigenvalue weighted by molar-refractivity contribution is 6.30. The second-order valence-corrected chi connectivity index (χ2v) is 5.83. The summed E-state index contributed by atoms with van der Waals surface area (Å²) >= 11 is 5.83. The van der Waals surface area contributed by atoms with E-state index < -0.39 is 0 Å². The van der Waals surface area contributed by atoms with Gasteiger partial charge in [-0.2, -0.15) is 0 Å². The normalized spacial score (nSPS) is 11.6. The summed E-state index contributed by atoms with van der Waals surface area (Å²) < 4.78 is 5.42. The third-order valence-electron chi connectivity index (χ3n) is 3.51. The topological polar surface area (TPSA) is 90.7 Å². The standard InChI is InChI=1S/C18H20ClN3O2/c1-2-13(17(23)24-16-8-6-14(19)7-9-16)10-12-4-3-5-15(11-12)22-18(20)21/h3-9,11,13H,2,10H2,1H3,(H4,20,21,22). The van der Waals surface area contributed by atoms with Crippen LogP contribution < -0.4 is 16.2 Å². The maximum atomic E-state index is 12.4. The van der Waals surface area contributed by atoms with Gasteiger partial charge in [0.25, 0.3) is 0 Å². The molecule has 0 aliphatic rings. The van der Waals surface area contributed by atoms with Gasteiger partial charge in [-0.15, -0.1) is 0 Å². The van der Waals surface area contributed by atoms with E-state index in [9.17, 15) is 4.79 Å². The average Bonchev–Trinajstić information content (AvgIpc) is 2.54. The van der Waals surface area contributed by atoms with Crippen molar-refractivity contribution in [2.75, 3.05) is 0 Å². The minimum atomic E-state index is -0.271. The summed E-state index contributed by atoms with van der Waals surface area (Å²) in [6.07, 6.45) is 1.22. The number of ether oxygens (including phenoxy) is 1. The molecular weight excluding hydrogens is 326 g/mol. The smallest absolute Gasteiger partial charge is 0.314 e. The number of rotatable bonds is 6. The quantitative estimate of drug-likeness (QED) is 0.363. The molecule has 1 atom stereocenters. The molecule has 0 aliphatic carbocycles. The Morgan fingerprint density at radius 1 is 1.21 bits per heavy atom. The van der Waals surface area contributed by atoms with Gasteiger partial charge >= 0.3 is 5.97 Å². The van der Waals surface area contributed by atoms with Gasteiger partial charge in [0.1, 0.15) is 5.75 Å². The molecule has 0 aromatic heterocycles. The van der Waals surface area contributed by atoms with Crippen LogP contribution in [0.2, 0.25) is 5.02 Å². The second-order valence-electron chi connectivity index (χ2n) is 5.39. The lowest BCUT2D eigenvalue weighted by atomic mass is 9.97. The van der Waals surface area contributed by atoms with E-state index in [0.717, 1.165) is 5.56 Å². The van der Waals surface area contributed by atoms with Crippen molar-refractivity contribution in [2.45, 2.75) is 19.8 Å². The number of halogens is 1. The average molecular weight is 346 g/mol. The van der Waals surface area contributed by atoms with Gasteiger partial charge in [0.15, 0.2) is 5.96 Å². The van der Waals surface area contributed by atoms with Crippen LogP contribution in [0.25, 0.3) is 0 Å². The van der Waals surface area contributed by atoms with Gasteiger partial charge in [0.2, 0.25) is 0 Å². The first kappa shape index (κ1) is 17.8. The summed E-state index contributed by atoms with van der Waals surface area (Å²) in [6, 6.07) is 14.2. The highest BCUT2D eigenvalue weighted by Gasteiger charge is 2.19. The van der Waals surface area contributed by atoms with E-state index in [1.807, 2.05) is 25.1 Å². The van der Waals surface area contributed by atoms with Crippen LogP contribution in [0.3, 0.4) is 0 Å². The monoisotopic (exact) mass is 345 g/mol. The van der Waals surface area contributed by atoms with Gasteiger partial charge in [-0.05, 0) is 54.8 Å². The van der Waals surface area contributed by atoms with E-state index in [1.54, 1.807) is 30.3 Å². The zero-order valence-corrected chi connectivity index (χ0v) is 14.2. The molecule has 0 spiro atoms. The largest absolute Gasteiger partial charge is 0.426 e. The summed E-state index contributed by atoms with van der Waals surface area (Å²) in [5.41, 5.74) is 12.4. The molecule has 0 saturated heterocycles. The molecule has 0 aliphatic heterocycles. The van der Waals surface area contributed by atoms with Crippen molar-refractivity contribution in [1.82, 2.24) is 0 Å². The molecule has 126 valence electrons. The number of hydrogen-bond donors (Lipinski definition) is 2. The van der Waals surface area contributed by atoms with Crippen LogP contribution in [0.5, 0.6) is 5.75 Å². The van der Waals surface area contributed by atoms with Crippen molar-refractivity contribution in [3.8, 4) is 5.75 Å². The van der Waals surface area contributed by atoms with Crippen molar-refractivity contribution in [3.63, 3.8) is 0 Å². The van der Waals surface area contributed by atoms with E-state index in [-0.39, 0.29) is 17.8 Å². The Kier molecular flexibility index (Phi) is 6.21. The maximum Gasteiger partial charge on any atom is 0.314 e. The zero-order chi connectivity index (χ0) is 17.5. The van der Waals surface area contributed by atoms with E-state index in [0.29, 0.717) is 29.3 Å². The predicted octanol–water partition coefficient (Wildman–Crippen LogP) is 3.42. The van der Waals surface area contributed by atoms with Gasteiger partial charge in [0, 0.05) is 5.02 Å². The molecule has 0 radical (unpaired) electrons. The summed E-state index contributed by atoms with van der Waals surface area (Å²) in [4.78, 5) is 16.4. The lowest BCUT2D eigenvalue weighted by molar-refractivity contribution is -0.139. The first-order chi connectivity index (χ1) is 11.5. The van der Waals surface area contributed by atoms with Crippen LogP contribution in [0.1, 0.15) is 18.9 Å². The van der Waals surface area contributed by atoms with Crippen molar-refractivity contribution >= 4 is 29.2 Å². The van der Waals surface area contributed by atoms with Crippen molar-refractivity contribution in [3.05, 3.63) is 59.1 Å². The first-order valence-corrected chi connectivity index (χ1v) is 8.01. The Morgan fingerprint density at radius 3 is 2.54 bits per heavy atom. The van der Waals surface area contributed by atoms with Gasteiger partial charge in [0.05, 0.1) is 11.6 Å². The second kappa shape index (κ2) is 8.36. The number of aliphatic imine (C=N–C) groups is 1. The molecule has 0 amide bonds. The van der Waals surface area contributed by atoms with Gasteiger partial charge in [-0.1, -0.05) is 30.7 Å². The summed E-state index contributed by atoms with van der Waals surface area (Å²) in [5, 5.41) is 0.596. The zero-order valence-electron chi connectivity index (χ0n) is 13.4. The number of hydrogen-bond acceptors (Lipinski definition) is 3. The Bertz CT molecular complexity index is 725. The summed E-state index contributed by atoms with van der Waals surface area (Å²) in [5.74, 6) is -0.0411. The molecule has 0 saturated carbocycles. The number of guanidine groups is 1. The van der Waals surface area contributed by atoms with Crippen LogP contribution in [0, 0.1) is 5.92 Å². The fourth-order valence-electron chi connectivity index (χ4n) is 2.28. The van der Waals surface area contributed by atoms with E-state index in [1.165, 1.54) is 0 Å². The molecule has 2 aromatic rings. The predicted molar refractivity (Wildman–Crippen MR) is 96.5 cm³/mol. The Labute approximate surface area is 146 Å². The SMILES string of the molecule is CCC(Cc1cccc(N=C(N)N)c1)C(=O)Oc1ccc(Cl)cc1. The number of carbonyl (C=O) groups excluding carboxylic acids is 1. The molecule has 0 fully saturated rings. The highest BCUT2D eigenvalue weighted by atomic mass is 35.5. The summed E-state index contributed by atoms with van der Waals surface area (Å²) in [7, 11) is 0. The Morgan fingerprint density at radius 2 is 1.92 bits per heavy atom. The molecule has 6 heteroatoms. The number of esters is 1. The molecule has 24 heavy (non-hydrogen) atoms. The Hall–Kier alpha value is -2.53. The minimum absolute atomic E-state index is 0.00124. The van der Waals surface area contributed by atoms with E-state index in [4.69, 9.17) is 27.8 Å². The fourth-order valence-corrected chi connectivity index (χ4v) is 2.41. The molecule has 1 unspecified atom stereocenters. The van der Waals surface area contributed by atoms with Gasteiger partial charge in [-0.25, -0.2) is 4.99 Å². The van der Waals surface area contributed by atoms with Crippen LogP contribution in [0.4, 0.5) is 5.69 Å². The molecule has 2 rings (SSSR count). The lowest BCUT2D eigenvalue weighted by Gasteiger charge is -2.14. The molecular formula is C18H20ClN3O2. The van der Waals surface area contributed by atoms with Crippen molar-refractivity contribution in [1.29, 1.82) is 0 Å². The first-order valence-electron chi connectivity index (χ1n) is 7.63. The van der Waals surface area contributed by atoms with Crippen LogP contribution in [-0.4, -0.2) is 11.9 Å². The minimum Gasteiger partial charge on any atom is -0.426 e. The van der Waals surface area contributed by atoms with Crippen LogP contribution in [-0.2, 0) is 11.2 Å². The fraction of sp³-hybridized carbons (Fsp3) is 0.222. The van der Waals surface area contributed by atoms with Crippen molar-refractivity contribution < 1.29 is 9.53 Å². The highest BCUT2D eigenvalue weighted by Crippen LogP contribution is 2.21. The number of nitrogens with zero attached hydrogens (tertiary/aromatic N) is 1. The van der Waals surface area contributed by atoms with Crippen LogP contribution >= 0.6 is 11.6 Å². The van der Waals surface area contributed by atoms with E-state index >= 15 is 0 Å². The van der Waals surface area contributed by atoms with Crippen LogP contribution in [0.15, 0.2) is 53.5 Å². The molecule has 0 heterocycles. The third-order valence-corrected chi connectivity index (χ3v) is 3.76. The summed E-state index contributed by atoms with van der Waals surface area (Å²) in [6.45, 7) is 1.95. The Balaban J connectivity index is 2.07. The number of nitrogens with two attached hydrogens (primary N) is 2. The van der Waals surface area contributed by atoms with Crippen molar-refractivity contribution in [2.24, 2.45) is 22.4 Å². The molecule has 0 bridgehead atoms. The van der Waals surface area contributed by atoms with E-state index in [2.05, 4.69) is 4.99 Å². The van der Waals surface area contributed by atoms with Gasteiger partial charge in [-0.3, -0.25) is 4.79 Å². The third kappa shape index (κ3) is 5.28. The molecule has 2 aromatic carbocycles. The molecule has 4 N–H and O–H groups in total. The van der Waals surface area contributed by atoms with Gasteiger partial charge < -0.3 is 16.2 Å². The number of benzene rings is 2. The maximum absolute atomic E-state index is 12.4.